The summed E-state index contributed by atoms with van der Waals surface area (Å²) >= 11 is 9.13. The molecule has 0 heterocycles. The van der Waals surface area contributed by atoms with Gasteiger partial charge in [0.15, 0.2) is 0 Å². The molecule has 3 nitrogen and oxygen atoms in total. The van der Waals surface area contributed by atoms with Crippen molar-refractivity contribution in [1.82, 2.24) is 10.6 Å². The van der Waals surface area contributed by atoms with E-state index >= 15 is 0 Å². The summed E-state index contributed by atoms with van der Waals surface area (Å²) in [7, 11) is 0. The van der Waals surface area contributed by atoms with E-state index in [1.807, 2.05) is 0 Å². The average molecular weight is 220 g/mol. The zero-order valence-corrected chi connectivity index (χ0v) is 9.51. The predicted molar refractivity (Wildman–Crippen MR) is 62.4 cm³/mol. The highest BCUT2D eigenvalue weighted by molar-refractivity contribution is 7.80. The van der Waals surface area contributed by atoms with Crippen molar-refractivity contribution in [2.75, 3.05) is 18.8 Å². The molecule has 1 amide bonds. The fraction of sp³-hybridized carbons (Fsp3) is 0.750. The first-order valence-corrected chi connectivity index (χ1v) is 5.33. The van der Waals surface area contributed by atoms with Crippen molar-refractivity contribution < 1.29 is 4.79 Å². The number of carbonyl (C=O) groups is 1. The van der Waals surface area contributed by atoms with Crippen LogP contribution in [0, 0.1) is 0 Å². The second-order valence-electron chi connectivity index (χ2n) is 2.66. The van der Waals surface area contributed by atoms with Crippen LogP contribution in [0.15, 0.2) is 0 Å². The largest absolute Gasteiger partial charge is 0.378 e. The summed E-state index contributed by atoms with van der Waals surface area (Å²) in [6, 6.07) is 0. The Balaban J connectivity index is 3.22. The number of thiocarbonyl (C=S) groups is 1. The van der Waals surface area contributed by atoms with Gasteiger partial charge in [-0.05, 0) is 18.6 Å². The smallest absolute Gasteiger partial charge is 0.216 e. The lowest BCUT2D eigenvalue weighted by Crippen LogP contribution is -2.32. The van der Waals surface area contributed by atoms with Crippen molar-refractivity contribution >= 4 is 35.7 Å². The maximum absolute atomic E-state index is 10.5. The van der Waals surface area contributed by atoms with Gasteiger partial charge in [0, 0.05) is 20.0 Å². The predicted octanol–water partition coefficient (Wildman–Crippen LogP) is 0.749. The first-order chi connectivity index (χ1) is 6.16. The minimum absolute atomic E-state index is 0.0110. The summed E-state index contributed by atoms with van der Waals surface area (Å²) in [6.45, 7) is 2.82. The van der Waals surface area contributed by atoms with Gasteiger partial charge >= 0.3 is 0 Å². The number of hydrogen-bond acceptors (Lipinski definition) is 3. The second kappa shape index (κ2) is 8.31. The third-order valence-electron chi connectivity index (χ3n) is 1.38. The van der Waals surface area contributed by atoms with E-state index in [9.17, 15) is 4.79 Å². The highest BCUT2D eigenvalue weighted by atomic mass is 32.1. The molecular weight excluding hydrogens is 204 g/mol. The topological polar surface area (TPSA) is 41.1 Å². The van der Waals surface area contributed by atoms with Gasteiger partial charge in [-0.2, -0.15) is 12.6 Å². The van der Waals surface area contributed by atoms with Crippen molar-refractivity contribution in [3.05, 3.63) is 0 Å². The van der Waals surface area contributed by atoms with E-state index in [4.69, 9.17) is 12.2 Å². The van der Waals surface area contributed by atoms with Gasteiger partial charge in [-0.3, -0.25) is 4.79 Å². The van der Waals surface area contributed by atoms with Crippen LogP contribution >= 0.6 is 24.8 Å². The molecule has 0 aliphatic rings. The molecule has 0 aromatic carbocycles. The quantitative estimate of drug-likeness (QED) is 0.351. The molecule has 0 unspecified atom stereocenters. The van der Waals surface area contributed by atoms with Crippen LogP contribution in [0.3, 0.4) is 0 Å². The second-order valence-corrected chi connectivity index (χ2v) is 3.60. The fourth-order valence-electron chi connectivity index (χ4n) is 0.768. The first kappa shape index (κ1) is 12.7. The van der Waals surface area contributed by atoms with Crippen molar-refractivity contribution in [3.8, 4) is 0 Å². The molecule has 0 fully saturated rings. The fourth-order valence-corrected chi connectivity index (χ4v) is 1.17. The van der Waals surface area contributed by atoms with E-state index in [1.54, 1.807) is 0 Å². The lowest BCUT2D eigenvalue weighted by Gasteiger charge is -2.06. The molecule has 0 saturated carbocycles. The summed E-state index contributed by atoms with van der Waals surface area (Å²) in [5.41, 5.74) is 0. The molecule has 76 valence electrons. The molecule has 2 N–H and O–H groups in total. The minimum atomic E-state index is -0.0110. The van der Waals surface area contributed by atoms with E-state index in [0.29, 0.717) is 13.1 Å². The van der Waals surface area contributed by atoms with Crippen LogP contribution in [0.5, 0.6) is 0 Å². The molecule has 13 heavy (non-hydrogen) atoms. The van der Waals surface area contributed by atoms with E-state index in [-0.39, 0.29) is 5.91 Å². The Morgan fingerprint density at radius 2 is 2.00 bits per heavy atom. The van der Waals surface area contributed by atoms with Gasteiger partial charge in [0.1, 0.15) is 0 Å². The maximum atomic E-state index is 10.5. The van der Waals surface area contributed by atoms with Crippen LogP contribution in [0.25, 0.3) is 0 Å². The number of carbonyl (C=O) groups excluding carboxylic acids is 1. The standard InChI is InChI=1S/C8H16N2OS2/c1-7(11)9-4-5-10-8(13)3-2-6-12/h12H,2-6H2,1H3,(H,9,11)(H,10,13). The van der Waals surface area contributed by atoms with Gasteiger partial charge in [-0.25, -0.2) is 0 Å². The normalized spacial score (nSPS) is 9.38. The highest BCUT2D eigenvalue weighted by Gasteiger charge is 1.95. The van der Waals surface area contributed by atoms with Gasteiger partial charge in [0.25, 0.3) is 0 Å². The van der Waals surface area contributed by atoms with Crippen molar-refractivity contribution in [2.24, 2.45) is 0 Å². The van der Waals surface area contributed by atoms with Crippen LogP contribution < -0.4 is 10.6 Å². The van der Waals surface area contributed by atoms with Gasteiger partial charge in [-0.15, -0.1) is 0 Å². The monoisotopic (exact) mass is 220 g/mol. The van der Waals surface area contributed by atoms with Crippen LogP contribution in [0.1, 0.15) is 19.8 Å². The van der Waals surface area contributed by atoms with Crippen LogP contribution in [-0.4, -0.2) is 29.7 Å². The third-order valence-corrected chi connectivity index (χ3v) is 2.05. The molecule has 0 saturated heterocycles. The zero-order chi connectivity index (χ0) is 10.1. The van der Waals surface area contributed by atoms with Crippen molar-refractivity contribution in [2.45, 2.75) is 19.8 Å². The van der Waals surface area contributed by atoms with Crippen molar-refractivity contribution in [1.29, 1.82) is 0 Å². The van der Waals surface area contributed by atoms with Crippen LogP contribution in [0.2, 0.25) is 0 Å². The first-order valence-electron chi connectivity index (χ1n) is 4.29. The Labute approximate surface area is 90.1 Å². The Morgan fingerprint density at radius 3 is 2.54 bits per heavy atom. The maximum Gasteiger partial charge on any atom is 0.216 e. The summed E-state index contributed by atoms with van der Waals surface area (Å²) in [6.07, 6.45) is 1.87. The van der Waals surface area contributed by atoms with Gasteiger partial charge in [-0.1, -0.05) is 12.2 Å². The third kappa shape index (κ3) is 9.63. The molecule has 0 aromatic heterocycles. The zero-order valence-electron chi connectivity index (χ0n) is 7.80. The average Bonchev–Trinajstić information content (AvgIpc) is 2.08. The van der Waals surface area contributed by atoms with Gasteiger partial charge in [0.05, 0.1) is 4.99 Å². The molecule has 0 aliphatic carbocycles. The summed E-state index contributed by atoms with van der Waals surface area (Å²) in [5, 5.41) is 5.74. The number of nitrogens with one attached hydrogen (secondary N) is 2. The van der Waals surface area contributed by atoms with E-state index < -0.39 is 0 Å². The highest BCUT2D eigenvalue weighted by Crippen LogP contribution is 1.92. The van der Waals surface area contributed by atoms with Crippen LogP contribution in [0.4, 0.5) is 0 Å². The SMILES string of the molecule is CC(=O)NCCNC(=S)CCCS. The van der Waals surface area contributed by atoms with E-state index in [0.717, 1.165) is 23.6 Å². The molecule has 5 heteroatoms. The molecule has 0 aliphatic heterocycles. The Bertz CT molecular complexity index is 174. The van der Waals surface area contributed by atoms with Crippen LogP contribution in [-0.2, 0) is 4.79 Å². The molecular formula is C8H16N2OS2. The molecule has 0 rings (SSSR count). The number of thiol groups is 1. The van der Waals surface area contributed by atoms with Crippen molar-refractivity contribution in [3.63, 3.8) is 0 Å². The molecule has 0 radical (unpaired) electrons. The number of rotatable bonds is 6. The lowest BCUT2D eigenvalue weighted by molar-refractivity contribution is -0.118. The number of amides is 1. The summed E-state index contributed by atoms with van der Waals surface area (Å²) in [5.74, 6) is 0.844. The summed E-state index contributed by atoms with van der Waals surface area (Å²) < 4.78 is 0. The molecule has 0 aromatic rings. The Hall–Kier alpha value is -0.290. The van der Waals surface area contributed by atoms with E-state index in [1.165, 1.54) is 6.92 Å². The lowest BCUT2D eigenvalue weighted by atomic mass is 10.3. The number of hydrogen-bond donors (Lipinski definition) is 3. The minimum Gasteiger partial charge on any atom is -0.378 e. The summed E-state index contributed by atoms with van der Waals surface area (Å²) in [4.78, 5) is 11.3. The molecule has 0 spiro atoms. The Kier molecular flexibility index (Phi) is 8.13. The van der Waals surface area contributed by atoms with E-state index in [2.05, 4.69) is 23.3 Å². The molecule has 0 bridgehead atoms. The van der Waals surface area contributed by atoms with Gasteiger partial charge in [0.2, 0.25) is 5.91 Å². The van der Waals surface area contributed by atoms with Gasteiger partial charge < -0.3 is 10.6 Å². The molecule has 0 atom stereocenters. The Morgan fingerprint density at radius 1 is 1.38 bits per heavy atom.